The molecule has 0 radical (unpaired) electrons. The molecule has 24 heavy (non-hydrogen) atoms. The Bertz CT molecular complexity index is 362. The Morgan fingerprint density at radius 1 is 0.917 bits per heavy atom. The Morgan fingerprint density at radius 2 is 1.58 bits per heavy atom. The molecule has 0 aromatic carbocycles. The Labute approximate surface area is 149 Å². The summed E-state index contributed by atoms with van der Waals surface area (Å²) in [5.74, 6) is 2.30. The molecule has 0 aromatic heterocycles. The predicted octanol–water partition coefficient (Wildman–Crippen LogP) is 6.44. The van der Waals surface area contributed by atoms with Crippen LogP contribution in [0.25, 0.3) is 0 Å². The van der Waals surface area contributed by atoms with Gasteiger partial charge >= 0.3 is 5.97 Å². The number of unbranched alkanes of at least 4 members (excludes halogenated alkanes) is 5. The molecule has 0 saturated heterocycles. The molecule has 2 heteroatoms. The van der Waals surface area contributed by atoms with Crippen LogP contribution in [-0.4, -0.2) is 12.6 Å². The molecule has 0 atom stereocenters. The van der Waals surface area contributed by atoms with Crippen molar-refractivity contribution >= 4 is 5.97 Å². The van der Waals surface area contributed by atoms with Crippen molar-refractivity contribution in [2.75, 3.05) is 6.61 Å². The normalized spacial score (nSPS) is 24.4. The molecule has 0 amide bonds. The number of carbonyl (C=O) groups excluding carboxylic acids is 1. The van der Waals surface area contributed by atoms with Crippen molar-refractivity contribution in [3.05, 3.63) is 12.2 Å². The van der Waals surface area contributed by atoms with E-state index in [2.05, 4.69) is 19.1 Å². The lowest BCUT2D eigenvalue weighted by Gasteiger charge is -2.26. The summed E-state index contributed by atoms with van der Waals surface area (Å²) >= 11 is 0. The molecular formula is C22H38O2. The molecule has 0 aliphatic heterocycles. The third-order valence-electron chi connectivity index (χ3n) is 5.76. The zero-order chi connectivity index (χ0) is 17.0. The first kappa shape index (κ1) is 19.5. The number of ether oxygens (including phenoxy) is 1. The van der Waals surface area contributed by atoms with E-state index in [4.69, 9.17) is 4.74 Å². The quantitative estimate of drug-likeness (QED) is 0.233. The molecule has 2 saturated carbocycles. The van der Waals surface area contributed by atoms with E-state index in [0.29, 0.717) is 24.9 Å². The fourth-order valence-electron chi connectivity index (χ4n) is 3.89. The van der Waals surface area contributed by atoms with Gasteiger partial charge in [-0.3, -0.25) is 4.79 Å². The third kappa shape index (κ3) is 8.89. The molecule has 2 aliphatic rings. The van der Waals surface area contributed by atoms with Crippen LogP contribution in [0.5, 0.6) is 0 Å². The van der Waals surface area contributed by atoms with Crippen LogP contribution in [0.2, 0.25) is 0 Å². The number of esters is 1. The van der Waals surface area contributed by atoms with Crippen molar-refractivity contribution in [3.63, 3.8) is 0 Å². The van der Waals surface area contributed by atoms with Gasteiger partial charge in [0.15, 0.2) is 0 Å². The van der Waals surface area contributed by atoms with Gasteiger partial charge in [0.25, 0.3) is 0 Å². The zero-order valence-corrected chi connectivity index (χ0v) is 15.8. The van der Waals surface area contributed by atoms with Crippen LogP contribution in [0.3, 0.4) is 0 Å². The average Bonchev–Trinajstić information content (AvgIpc) is 3.40. The minimum absolute atomic E-state index is 0.00945. The number of allylic oxidation sites excluding steroid dienone is 1. The second-order valence-electron chi connectivity index (χ2n) is 8.10. The van der Waals surface area contributed by atoms with E-state index in [0.717, 1.165) is 5.92 Å². The maximum Gasteiger partial charge on any atom is 0.306 e. The molecule has 2 fully saturated rings. The molecule has 0 heterocycles. The standard InChI is InChI=1S/C22H38O2/c1-2-3-4-5-6-7-9-19-11-13-20(14-12-19)10-8-17-24-22(23)18-21-15-16-21/h8,10,19-21H,2-7,9,11-18H2,1H3/b10-8+. The number of carbonyl (C=O) groups is 1. The Balaban J connectivity index is 1.44. The summed E-state index contributed by atoms with van der Waals surface area (Å²) in [7, 11) is 0. The summed E-state index contributed by atoms with van der Waals surface area (Å²) in [4.78, 5) is 11.5. The van der Waals surface area contributed by atoms with Crippen molar-refractivity contribution in [2.24, 2.45) is 17.8 Å². The van der Waals surface area contributed by atoms with Crippen LogP contribution >= 0.6 is 0 Å². The summed E-state index contributed by atoms with van der Waals surface area (Å²) in [5.41, 5.74) is 0. The van der Waals surface area contributed by atoms with E-state index in [9.17, 15) is 4.79 Å². The van der Waals surface area contributed by atoms with Gasteiger partial charge in [-0.05, 0) is 56.3 Å². The first-order chi connectivity index (χ1) is 11.8. The number of rotatable bonds is 12. The number of hydrogen-bond donors (Lipinski definition) is 0. The maximum atomic E-state index is 11.5. The third-order valence-corrected chi connectivity index (χ3v) is 5.76. The first-order valence-electron chi connectivity index (χ1n) is 10.6. The van der Waals surface area contributed by atoms with E-state index in [1.165, 1.54) is 83.5 Å². The second-order valence-corrected chi connectivity index (χ2v) is 8.10. The van der Waals surface area contributed by atoms with E-state index in [-0.39, 0.29) is 5.97 Å². The highest BCUT2D eigenvalue weighted by Gasteiger charge is 2.25. The average molecular weight is 335 g/mol. The van der Waals surface area contributed by atoms with Gasteiger partial charge in [0.1, 0.15) is 6.61 Å². The summed E-state index contributed by atoms with van der Waals surface area (Å²) < 4.78 is 5.27. The maximum absolute atomic E-state index is 11.5. The minimum atomic E-state index is -0.00945. The minimum Gasteiger partial charge on any atom is -0.461 e. The lowest BCUT2D eigenvalue weighted by Crippen LogP contribution is -2.13. The molecule has 0 N–H and O–H groups in total. The van der Waals surface area contributed by atoms with Crippen LogP contribution in [0, 0.1) is 17.8 Å². The van der Waals surface area contributed by atoms with Gasteiger partial charge in [0.05, 0.1) is 0 Å². The molecule has 2 rings (SSSR count). The molecule has 0 spiro atoms. The van der Waals surface area contributed by atoms with Crippen LogP contribution in [0.4, 0.5) is 0 Å². The summed E-state index contributed by atoms with van der Waals surface area (Å²) in [6.07, 6.45) is 22.8. The van der Waals surface area contributed by atoms with Crippen molar-refractivity contribution in [1.29, 1.82) is 0 Å². The lowest BCUT2D eigenvalue weighted by molar-refractivity contribution is -0.142. The molecule has 0 bridgehead atoms. The molecule has 2 aliphatic carbocycles. The SMILES string of the molecule is CCCCCCCCC1CCC(/C=C/COC(=O)CC2CC2)CC1. The molecule has 2 nitrogen and oxygen atoms in total. The molecular weight excluding hydrogens is 296 g/mol. The van der Waals surface area contributed by atoms with E-state index in [1.807, 2.05) is 0 Å². The van der Waals surface area contributed by atoms with Crippen molar-refractivity contribution in [2.45, 2.75) is 96.8 Å². The summed E-state index contributed by atoms with van der Waals surface area (Å²) in [5, 5.41) is 0. The van der Waals surface area contributed by atoms with E-state index in [1.54, 1.807) is 0 Å². The zero-order valence-electron chi connectivity index (χ0n) is 15.8. The fraction of sp³-hybridized carbons (Fsp3) is 0.864. The molecule has 138 valence electrons. The van der Waals surface area contributed by atoms with Crippen molar-refractivity contribution in [1.82, 2.24) is 0 Å². The van der Waals surface area contributed by atoms with Crippen LogP contribution in [0.15, 0.2) is 12.2 Å². The highest BCUT2D eigenvalue weighted by Crippen LogP contribution is 2.33. The van der Waals surface area contributed by atoms with Crippen LogP contribution in [-0.2, 0) is 9.53 Å². The Hall–Kier alpha value is -0.790. The summed E-state index contributed by atoms with van der Waals surface area (Å²) in [6, 6.07) is 0. The van der Waals surface area contributed by atoms with E-state index < -0.39 is 0 Å². The van der Waals surface area contributed by atoms with Gasteiger partial charge in [0, 0.05) is 6.42 Å². The Kier molecular flexibility index (Phi) is 9.53. The second kappa shape index (κ2) is 11.7. The smallest absolute Gasteiger partial charge is 0.306 e. The first-order valence-corrected chi connectivity index (χ1v) is 10.6. The summed E-state index contributed by atoms with van der Waals surface area (Å²) in [6.45, 7) is 2.76. The monoisotopic (exact) mass is 334 g/mol. The fourth-order valence-corrected chi connectivity index (χ4v) is 3.89. The van der Waals surface area contributed by atoms with E-state index >= 15 is 0 Å². The Morgan fingerprint density at radius 3 is 2.29 bits per heavy atom. The highest BCUT2D eigenvalue weighted by atomic mass is 16.5. The van der Waals surface area contributed by atoms with Crippen molar-refractivity contribution < 1.29 is 9.53 Å². The highest BCUT2D eigenvalue weighted by molar-refractivity contribution is 5.70. The topological polar surface area (TPSA) is 26.3 Å². The van der Waals surface area contributed by atoms with Gasteiger partial charge in [-0.1, -0.05) is 64.0 Å². The number of hydrogen-bond acceptors (Lipinski definition) is 2. The molecule has 0 unspecified atom stereocenters. The van der Waals surface area contributed by atoms with Gasteiger partial charge in [0.2, 0.25) is 0 Å². The van der Waals surface area contributed by atoms with Crippen LogP contribution < -0.4 is 0 Å². The van der Waals surface area contributed by atoms with Gasteiger partial charge in [-0.2, -0.15) is 0 Å². The van der Waals surface area contributed by atoms with Gasteiger partial charge in [-0.25, -0.2) is 0 Å². The van der Waals surface area contributed by atoms with Crippen LogP contribution in [0.1, 0.15) is 96.8 Å². The van der Waals surface area contributed by atoms with Gasteiger partial charge in [-0.15, -0.1) is 0 Å². The largest absolute Gasteiger partial charge is 0.461 e. The molecule has 0 aromatic rings. The predicted molar refractivity (Wildman–Crippen MR) is 101 cm³/mol. The van der Waals surface area contributed by atoms with Crippen molar-refractivity contribution in [3.8, 4) is 0 Å². The lowest BCUT2D eigenvalue weighted by atomic mass is 9.79. The van der Waals surface area contributed by atoms with Gasteiger partial charge < -0.3 is 4.74 Å².